The molecule has 15 atom stereocenters. The van der Waals surface area contributed by atoms with Crippen molar-refractivity contribution in [2.45, 2.75) is 92.1 Å². The van der Waals surface area contributed by atoms with Crippen LogP contribution in [0.25, 0.3) is 0 Å². The van der Waals surface area contributed by atoms with E-state index in [0.29, 0.717) is 0 Å². The molecule has 3 aliphatic heterocycles. The first-order chi connectivity index (χ1) is 53.1. The van der Waals surface area contributed by atoms with Crippen LogP contribution >= 0.6 is 0 Å². The molecule has 15 N–H and O–H groups in total. The predicted molar refractivity (Wildman–Crippen MR) is 358 cm³/mol. The Labute approximate surface area is 656 Å². The standard InChI is InChI=1S/C45H51N3O57S12/c49-40(46-22-1-7-25(8-2-22)91-43-37(103-115(79,80)81)34(100-112(70,71)72)31(97-109(61,62)63)28(94-43)16-88-106(52,53)54)19-13-20(41(50)47-23-3-9-26(10-4-23)92-44-38(104-116(82,83)84)35(101-113(73,74)75)32(98-110(64,65)66)29(95-44)17-89-107(55,56)57)15-21(14-19)42(51)48-24-5-11-27(12-6-24)93-45-39(105-117(85,86)87)36(102-114(76,77)78)33(99-111(67,68)69)30(96-45)18-90-108(58,59)60/h1-15,28-39,43-45H,16-18H2,(H,46,49)(H,47,50)(H,48,51)(H,52,53,54)(H,55,56,57)(H,58,59,60)(H,61,62,63)(H,64,65,66)(H,67,68,69)(H,70,71,72)(H,73,74,75)(H,76,77,78)(H,79,80,81)(H,82,83,84)(H,85,86,87)/t28-,29-,30-,31-,32-,33-,34+,35+,36+,37-,38-,39-,43-,44-,45-/m1/s1. The van der Waals surface area contributed by atoms with Crippen LogP contribution in [-0.2, 0) is 189 Å². The molecule has 3 saturated heterocycles. The number of anilines is 3. The highest BCUT2D eigenvalue weighted by atomic mass is 32.3. The van der Waals surface area contributed by atoms with Gasteiger partial charge in [-0.1, -0.05) is 0 Å². The number of benzene rings is 4. The second-order valence-electron chi connectivity index (χ2n) is 22.3. The van der Waals surface area contributed by atoms with Gasteiger partial charge in [0.2, 0.25) is 18.9 Å². The Morgan fingerprint density at radius 3 is 0.598 bits per heavy atom. The highest BCUT2D eigenvalue weighted by Crippen LogP contribution is 2.38. The Morgan fingerprint density at radius 1 is 0.256 bits per heavy atom. The fourth-order valence-corrected chi connectivity index (χ4v) is 15.3. The number of carbonyl (C=O) groups is 3. The average molecular weight is 1930 g/mol. The third-order valence-electron chi connectivity index (χ3n) is 13.8. The molecule has 117 heavy (non-hydrogen) atoms. The van der Waals surface area contributed by atoms with E-state index in [1.807, 2.05) is 0 Å². The number of rotatable bonds is 39. The molecule has 0 bridgehead atoms. The highest BCUT2D eigenvalue weighted by molar-refractivity contribution is 7.83. The van der Waals surface area contributed by atoms with Crippen molar-refractivity contribution in [1.29, 1.82) is 0 Å². The first-order valence-electron chi connectivity index (χ1n) is 29.2. The van der Waals surface area contributed by atoms with Gasteiger partial charge >= 0.3 is 125 Å². The SMILES string of the molecule is O=C(Nc1ccc(O[C@@H]2O[C@H](COS(=O)(=O)O)[C@@H](OS(=O)(=O)O)[C@H](OS(=O)(=O)O)[C@H]2OS(=O)(=O)O)cc1)c1cc(C(=O)Nc2ccc(O[C@@H]3O[C@H](COS(=O)(=O)O)[C@@H](OS(=O)(=O)O)[C@H](OS(=O)(=O)O)[C@H]3OS(=O)(=O)O)cc2)cc(C(=O)Nc2ccc(O[C@@H]3O[C@H](COS(=O)(=O)O)[C@@H](OS(=O)(=O)O)[C@H](OS(=O)(=O)O)[C@H]3OS(=O)(=O)O)cc2)c1. The molecule has 0 aliphatic carbocycles. The quantitative estimate of drug-likeness (QED) is 0.0186. The molecular weight excluding hydrogens is 1880 g/mol. The number of carbonyl (C=O) groups excluding carboxylic acids is 3. The van der Waals surface area contributed by atoms with Crippen LogP contribution in [0.4, 0.5) is 17.1 Å². The van der Waals surface area contributed by atoms with Crippen LogP contribution in [0.1, 0.15) is 31.1 Å². The van der Waals surface area contributed by atoms with E-state index in [2.05, 4.69) is 66.1 Å². The molecule has 3 aliphatic rings. The molecule has 660 valence electrons. The minimum absolute atomic E-state index is 0.366. The molecular formula is C45H51N3O57S12. The van der Waals surface area contributed by atoms with Gasteiger partial charge in [-0.25, -0.2) is 50.2 Å². The summed E-state index contributed by atoms with van der Waals surface area (Å²) in [6.07, 6.45) is -42.3. The van der Waals surface area contributed by atoms with E-state index in [1.165, 1.54) is 0 Å². The minimum Gasteiger partial charge on any atom is -0.462 e. The van der Waals surface area contributed by atoms with Gasteiger partial charge < -0.3 is 44.4 Å². The third-order valence-corrected chi connectivity index (χ3v) is 19.3. The number of hydrogen-bond acceptors (Lipinski definition) is 45. The van der Waals surface area contributed by atoms with E-state index in [-0.39, 0.29) is 17.1 Å². The molecule has 3 fully saturated rings. The molecule has 4 aromatic carbocycles. The molecule has 0 spiro atoms. The summed E-state index contributed by atoms with van der Waals surface area (Å²) in [5.74, 6) is -5.90. The number of ether oxygens (including phenoxy) is 6. The van der Waals surface area contributed by atoms with Crippen LogP contribution in [0.2, 0.25) is 0 Å². The molecule has 0 unspecified atom stereocenters. The summed E-state index contributed by atoms with van der Waals surface area (Å²) < 4.78 is 482. The Morgan fingerprint density at radius 2 is 0.427 bits per heavy atom. The third kappa shape index (κ3) is 33.2. The first kappa shape index (κ1) is 97.1. The van der Waals surface area contributed by atoms with Crippen LogP contribution in [-0.4, -0.2) is 285 Å². The Bertz CT molecular complexity index is 5210. The molecule has 7 rings (SSSR count). The fraction of sp³-hybridized carbons (Fsp3) is 0.400. The van der Waals surface area contributed by atoms with Gasteiger partial charge in [-0.15, -0.1) is 0 Å². The van der Waals surface area contributed by atoms with Crippen molar-refractivity contribution in [2.24, 2.45) is 0 Å². The summed E-state index contributed by atoms with van der Waals surface area (Å²) in [5.41, 5.74) is -3.19. The lowest BCUT2D eigenvalue weighted by atomic mass is 9.99. The fourth-order valence-electron chi connectivity index (χ4n) is 9.91. The monoisotopic (exact) mass is 1930 g/mol. The lowest BCUT2D eigenvalue weighted by Crippen LogP contribution is -2.63. The number of nitrogens with one attached hydrogen (secondary N) is 3. The minimum atomic E-state index is -6.00. The maximum absolute atomic E-state index is 14.3. The van der Waals surface area contributed by atoms with E-state index < -0.39 is 288 Å². The van der Waals surface area contributed by atoms with E-state index in [4.69, 9.17) is 28.4 Å². The van der Waals surface area contributed by atoms with Crippen molar-refractivity contribution in [3.05, 3.63) is 108 Å². The van der Waals surface area contributed by atoms with Crippen molar-refractivity contribution in [3.63, 3.8) is 0 Å². The van der Waals surface area contributed by atoms with Crippen LogP contribution in [0.15, 0.2) is 91.0 Å². The van der Waals surface area contributed by atoms with Gasteiger partial charge in [-0.2, -0.15) is 101 Å². The topological polar surface area (TPSA) is 906 Å². The van der Waals surface area contributed by atoms with Crippen LogP contribution in [0.3, 0.4) is 0 Å². The zero-order valence-corrected chi connectivity index (χ0v) is 65.4. The Kier molecular flexibility index (Phi) is 30.8. The molecule has 0 aromatic heterocycles. The predicted octanol–water partition coefficient (Wildman–Crippen LogP) is -5.10. The largest absolute Gasteiger partial charge is 0.462 e. The molecule has 72 heteroatoms. The normalized spacial score (nSPS) is 25.0. The summed E-state index contributed by atoms with van der Waals surface area (Å²) in [7, 11) is -70.4. The summed E-state index contributed by atoms with van der Waals surface area (Å²) in [6, 6.07) is 12.4. The van der Waals surface area contributed by atoms with E-state index >= 15 is 0 Å². The van der Waals surface area contributed by atoms with Gasteiger partial charge in [0.1, 0.15) is 72.2 Å². The van der Waals surface area contributed by atoms with Crippen molar-refractivity contribution >= 4 is 160 Å². The lowest BCUT2D eigenvalue weighted by molar-refractivity contribution is -0.260. The zero-order valence-electron chi connectivity index (χ0n) is 55.6. The Hall–Kier alpha value is -6.99. The van der Waals surface area contributed by atoms with E-state index in [1.54, 1.807) is 0 Å². The maximum atomic E-state index is 14.3. The van der Waals surface area contributed by atoms with Gasteiger partial charge in [-0.05, 0) is 91.0 Å². The summed E-state index contributed by atoms with van der Waals surface area (Å²) >= 11 is 0. The van der Waals surface area contributed by atoms with Gasteiger partial charge in [0.15, 0.2) is 18.3 Å². The van der Waals surface area contributed by atoms with Crippen molar-refractivity contribution in [3.8, 4) is 17.2 Å². The Balaban J connectivity index is 1.24. The molecule has 0 radical (unpaired) electrons. The van der Waals surface area contributed by atoms with Crippen molar-refractivity contribution in [2.75, 3.05) is 35.8 Å². The van der Waals surface area contributed by atoms with Crippen LogP contribution in [0, 0.1) is 0 Å². The average Bonchev–Trinajstić information content (AvgIpc) is 0.775. The maximum Gasteiger partial charge on any atom is 0.397 e. The van der Waals surface area contributed by atoms with Crippen LogP contribution in [0.5, 0.6) is 17.2 Å². The molecule has 0 saturated carbocycles. The molecule has 3 amide bonds. The highest BCUT2D eigenvalue weighted by Gasteiger charge is 2.58. The second-order valence-corrected chi connectivity index (χ2v) is 35.0. The van der Waals surface area contributed by atoms with Crippen LogP contribution < -0.4 is 30.2 Å². The number of hydrogen-bond donors (Lipinski definition) is 15. The van der Waals surface area contributed by atoms with E-state index in [0.717, 1.165) is 91.0 Å². The first-order valence-corrected chi connectivity index (χ1v) is 45.6. The summed E-state index contributed by atoms with van der Waals surface area (Å²) in [4.78, 5) is 42.8. The van der Waals surface area contributed by atoms with Gasteiger partial charge in [0.25, 0.3) is 17.7 Å². The van der Waals surface area contributed by atoms with Gasteiger partial charge in [0, 0.05) is 33.8 Å². The van der Waals surface area contributed by atoms with E-state index in [9.17, 15) is 170 Å². The summed E-state index contributed by atoms with van der Waals surface area (Å²) in [6.45, 7) is -5.06. The van der Waals surface area contributed by atoms with Gasteiger partial charge in [0.05, 0.1) is 19.8 Å². The summed E-state index contributed by atoms with van der Waals surface area (Å²) in [5, 5.41) is 6.84. The smallest absolute Gasteiger partial charge is 0.397 e. The molecule has 60 nitrogen and oxygen atoms in total. The van der Waals surface area contributed by atoms with Crippen molar-refractivity contribution < 1.29 is 249 Å². The number of amides is 3. The van der Waals surface area contributed by atoms with Gasteiger partial charge in [-0.3, -0.25) is 69.0 Å². The molecule has 3 heterocycles. The second kappa shape index (κ2) is 37.2. The molecule has 4 aromatic rings. The zero-order chi connectivity index (χ0) is 88.2. The van der Waals surface area contributed by atoms with Crippen molar-refractivity contribution in [1.82, 2.24) is 0 Å². The lowest BCUT2D eigenvalue weighted by Gasteiger charge is -2.42.